The molecule has 1 aliphatic heterocycles. The molecule has 0 atom stereocenters. The molecule has 0 amide bonds. The monoisotopic (exact) mass is 233 g/mol. The number of nitrogens with zero attached hydrogens (tertiary/aromatic N) is 3. The van der Waals surface area contributed by atoms with Crippen molar-refractivity contribution in [3.8, 4) is 0 Å². The van der Waals surface area contributed by atoms with Crippen molar-refractivity contribution in [3.63, 3.8) is 0 Å². The van der Waals surface area contributed by atoms with Crippen molar-refractivity contribution in [2.45, 2.75) is 38.5 Å². The highest BCUT2D eigenvalue weighted by molar-refractivity contribution is 7.82. The van der Waals surface area contributed by atoms with Gasteiger partial charge < -0.3 is 0 Å². The van der Waals surface area contributed by atoms with Gasteiger partial charge in [-0.3, -0.25) is 0 Å². The van der Waals surface area contributed by atoms with Gasteiger partial charge in [-0.05, 0) is 61.5 Å². The molecular weight excluding hydrogens is 218 g/mol. The zero-order valence-corrected chi connectivity index (χ0v) is 10.0. The summed E-state index contributed by atoms with van der Waals surface area (Å²) in [6, 6.07) is 0. The Hall–Kier alpha value is -0.640. The van der Waals surface area contributed by atoms with E-state index in [1.54, 1.807) is 0 Å². The largest absolute Gasteiger partial charge is 0.174 e. The molecule has 0 radical (unpaired) electrons. The van der Waals surface area contributed by atoms with Gasteiger partial charge in [0.15, 0.2) is 4.99 Å². The number of rotatable bonds is 1. The lowest BCUT2D eigenvalue weighted by Gasteiger charge is -2.56. The number of hydrogen-bond acceptors (Lipinski definition) is 3. The summed E-state index contributed by atoms with van der Waals surface area (Å²) in [4.78, 5) is 0.668. The third kappa shape index (κ3) is 1.14. The van der Waals surface area contributed by atoms with E-state index in [1.807, 2.05) is 0 Å². The second-order valence-corrected chi connectivity index (χ2v) is 6.53. The van der Waals surface area contributed by atoms with Crippen LogP contribution in [0, 0.1) is 23.2 Å². The first-order valence-corrected chi connectivity index (χ1v) is 6.69. The average molecular weight is 233 g/mol. The highest BCUT2D eigenvalue weighted by Gasteiger charge is 2.54. The maximum atomic E-state index is 5.28. The molecule has 0 saturated heterocycles. The minimum absolute atomic E-state index is 0.273. The van der Waals surface area contributed by atoms with Crippen molar-refractivity contribution < 1.29 is 0 Å². The Bertz CT molecular complexity index is 389. The summed E-state index contributed by atoms with van der Waals surface area (Å²) in [7, 11) is 0. The molecule has 4 heteroatoms. The number of thiocarbonyl (C=S) groups is 1. The van der Waals surface area contributed by atoms with Crippen LogP contribution >= 0.6 is 12.2 Å². The van der Waals surface area contributed by atoms with Crippen LogP contribution in [0.25, 0.3) is 0 Å². The third-order valence-electron chi connectivity index (χ3n) is 5.02. The molecule has 0 N–H and O–H groups in total. The maximum Gasteiger partial charge on any atom is 0.174 e. The van der Waals surface area contributed by atoms with Gasteiger partial charge in [0.05, 0.1) is 0 Å². The molecule has 4 saturated carbocycles. The highest BCUT2D eigenvalue weighted by atomic mass is 32.1. The predicted molar refractivity (Wildman–Crippen MR) is 65.5 cm³/mol. The van der Waals surface area contributed by atoms with E-state index in [9.17, 15) is 0 Å². The highest BCUT2D eigenvalue weighted by Crippen LogP contribution is 2.60. The van der Waals surface area contributed by atoms with Crippen molar-refractivity contribution in [1.29, 1.82) is 0 Å². The van der Waals surface area contributed by atoms with Crippen molar-refractivity contribution in [3.05, 3.63) is 0 Å². The zero-order valence-electron chi connectivity index (χ0n) is 9.22. The normalized spacial score (nSPS) is 48.9. The van der Waals surface area contributed by atoms with Crippen molar-refractivity contribution in [2.75, 3.05) is 0 Å². The first-order chi connectivity index (χ1) is 7.75. The fraction of sp³-hybridized carbons (Fsp3) is 0.833. The molecule has 1 heterocycles. The molecule has 5 aliphatic rings. The Kier molecular flexibility index (Phi) is 1.75. The van der Waals surface area contributed by atoms with E-state index in [0.717, 1.165) is 23.5 Å². The fourth-order valence-electron chi connectivity index (χ4n) is 4.93. The predicted octanol–water partition coefficient (Wildman–Crippen LogP) is 3.35. The third-order valence-corrected chi connectivity index (χ3v) is 5.30. The summed E-state index contributed by atoms with van der Waals surface area (Å²) >= 11 is 5.28. The van der Waals surface area contributed by atoms with E-state index in [0.29, 0.717) is 4.99 Å². The Morgan fingerprint density at radius 3 is 2.00 bits per heavy atom. The van der Waals surface area contributed by atoms with Crippen LogP contribution in [0.4, 0.5) is 0 Å². The van der Waals surface area contributed by atoms with Gasteiger partial charge in [-0.1, -0.05) is 12.2 Å². The van der Waals surface area contributed by atoms with Crippen molar-refractivity contribution >= 4 is 22.9 Å². The van der Waals surface area contributed by atoms with Crippen LogP contribution in [0.3, 0.4) is 0 Å². The second-order valence-electron chi connectivity index (χ2n) is 6.14. The van der Waals surface area contributed by atoms with Crippen LogP contribution in [0.2, 0.25) is 0 Å². The van der Waals surface area contributed by atoms with Crippen LogP contribution < -0.4 is 0 Å². The summed E-state index contributed by atoms with van der Waals surface area (Å²) < 4.78 is 0. The van der Waals surface area contributed by atoms with Crippen LogP contribution in [0.15, 0.2) is 15.4 Å². The fourth-order valence-corrected chi connectivity index (χ4v) is 5.23. The molecule has 5 rings (SSSR count). The molecule has 3 nitrogen and oxygen atoms in total. The van der Waals surface area contributed by atoms with E-state index in [-0.39, 0.29) is 5.41 Å². The first kappa shape index (κ1) is 9.40. The standard InChI is InChI=1S/C12H15N3S/c16-11-10(13-15-14-11)12-4-7-1-8(5-12)3-9(2-7)6-12/h7-9H,1-6H2. The van der Waals surface area contributed by atoms with Gasteiger partial charge >= 0.3 is 0 Å². The van der Waals surface area contributed by atoms with Gasteiger partial charge in [0.1, 0.15) is 5.71 Å². The van der Waals surface area contributed by atoms with Crippen LogP contribution in [0.1, 0.15) is 38.5 Å². The summed E-state index contributed by atoms with van der Waals surface area (Å²) in [5.74, 6) is 2.78. The van der Waals surface area contributed by atoms with Crippen LogP contribution in [0.5, 0.6) is 0 Å². The molecule has 4 fully saturated rings. The van der Waals surface area contributed by atoms with E-state index >= 15 is 0 Å². The molecule has 0 aromatic carbocycles. The lowest BCUT2D eigenvalue weighted by atomic mass is 9.48. The average Bonchev–Trinajstić information content (AvgIpc) is 2.62. The molecule has 0 aromatic heterocycles. The lowest BCUT2D eigenvalue weighted by molar-refractivity contribution is -0.0111. The topological polar surface area (TPSA) is 37.1 Å². The Morgan fingerprint density at radius 1 is 1.00 bits per heavy atom. The van der Waals surface area contributed by atoms with Crippen LogP contribution in [-0.4, -0.2) is 10.7 Å². The number of hydrogen-bond donors (Lipinski definition) is 0. The van der Waals surface area contributed by atoms with Gasteiger partial charge in [-0.15, -0.1) is 10.2 Å². The lowest BCUT2D eigenvalue weighted by Crippen LogP contribution is -2.51. The minimum Gasteiger partial charge on any atom is -0.131 e. The summed E-state index contributed by atoms with van der Waals surface area (Å²) in [5, 5.41) is 11.9. The molecule has 4 aliphatic carbocycles. The summed E-state index contributed by atoms with van der Waals surface area (Å²) in [5.41, 5.74) is 1.33. The van der Waals surface area contributed by atoms with Crippen molar-refractivity contribution in [2.24, 2.45) is 38.6 Å². The van der Waals surface area contributed by atoms with E-state index in [4.69, 9.17) is 12.2 Å². The first-order valence-electron chi connectivity index (χ1n) is 6.29. The van der Waals surface area contributed by atoms with Gasteiger partial charge in [0.2, 0.25) is 0 Å². The molecule has 16 heavy (non-hydrogen) atoms. The molecule has 4 bridgehead atoms. The molecule has 0 aromatic rings. The minimum atomic E-state index is 0.273. The summed E-state index contributed by atoms with van der Waals surface area (Å²) in [6.45, 7) is 0. The van der Waals surface area contributed by atoms with Crippen LogP contribution in [-0.2, 0) is 0 Å². The quantitative estimate of drug-likeness (QED) is 0.640. The SMILES string of the molecule is S=C1N=NN=C1C12CC3CC(CC(C3)C1)C2. The van der Waals surface area contributed by atoms with E-state index in [2.05, 4.69) is 15.4 Å². The Balaban J connectivity index is 1.74. The molecule has 84 valence electrons. The molecule has 0 spiro atoms. The van der Waals surface area contributed by atoms with E-state index in [1.165, 1.54) is 38.5 Å². The van der Waals surface area contributed by atoms with Crippen molar-refractivity contribution in [1.82, 2.24) is 0 Å². The van der Waals surface area contributed by atoms with Gasteiger partial charge in [0, 0.05) is 5.41 Å². The Labute approximate surface area is 100 Å². The summed E-state index contributed by atoms with van der Waals surface area (Å²) in [6.07, 6.45) is 8.24. The molecule has 0 unspecified atom stereocenters. The maximum absolute atomic E-state index is 5.28. The van der Waals surface area contributed by atoms with Gasteiger partial charge in [0.25, 0.3) is 0 Å². The second kappa shape index (κ2) is 2.97. The molecular formula is C12H15N3S. The smallest absolute Gasteiger partial charge is 0.131 e. The van der Waals surface area contributed by atoms with Gasteiger partial charge in [-0.25, -0.2) is 0 Å². The Morgan fingerprint density at radius 2 is 1.56 bits per heavy atom. The van der Waals surface area contributed by atoms with E-state index < -0.39 is 0 Å². The zero-order chi connectivity index (χ0) is 10.8. The van der Waals surface area contributed by atoms with Gasteiger partial charge in [-0.2, -0.15) is 0 Å².